The SMILES string of the molecule is CCNC(CCc1ccc(OC)cc1)Cc1cnn(C)c1. The molecule has 1 aromatic heterocycles. The number of methoxy groups -OCH3 is 1. The number of rotatable bonds is 8. The van der Waals surface area contributed by atoms with Crippen molar-refractivity contribution in [2.24, 2.45) is 7.05 Å². The molecule has 0 radical (unpaired) electrons. The Bertz CT molecular complexity index is 533. The second kappa shape index (κ2) is 7.84. The fraction of sp³-hybridized carbons (Fsp3) is 0.471. The maximum absolute atomic E-state index is 5.19. The number of hydrogen-bond donors (Lipinski definition) is 1. The lowest BCUT2D eigenvalue weighted by atomic mass is 10.0. The Balaban J connectivity index is 1.89. The summed E-state index contributed by atoms with van der Waals surface area (Å²) in [5.41, 5.74) is 2.64. The van der Waals surface area contributed by atoms with E-state index in [-0.39, 0.29) is 0 Å². The van der Waals surface area contributed by atoms with Crippen molar-refractivity contribution in [3.63, 3.8) is 0 Å². The van der Waals surface area contributed by atoms with Crippen molar-refractivity contribution in [3.05, 3.63) is 47.8 Å². The van der Waals surface area contributed by atoms with E-state index in [1.54, 1.807) is 7.11 Å². The molecule has 4 heteroatoms. The molecule has 0 saturated heterocycles. The smallest absolute Gasteiger partial charge is 0.118 e. The lowest BCUT2D eigenvalue weighted by Gasteiger charge is -2.17. The molecule has 0 aliphatic heterocycles. The summed E-state index contributed by atoms with van der Waals surface area (Å²) in [6.45, 7) is 3.15. The highest BCUT2D eigenvalue weighted by molar-refractivity contribution is 5.27. The Morgan fingerprint density at radius 3 is 2.57 bits per heavy atom. The molecule has 2 rings (SSSR count). The largest absolute Gasteiger partial charge is 0.497 e. The average Bonchev–Trinajstić information content (AvgIpc) is 2.91. The number of likely N-dealkylation sites (N-methyl/N-ethyl adjacent to an activating group) is 1. The van der Waals surface area contributed by atoms with Crippen LogP contribution in [-0.4, -0.2) is 29.5 Å². The van der Waals surface area contributed by atoms with Crippen LogP contribution in [0.1, 0.15) is 24.5 Å². The van der Waals surface area contributed by atoms with Gasteiger partial charge in [-0.3, -0.25) is 4.68 Å². The highest BCUT2D eigenvalue weighted by atomic mass is 16.5. The van der Waals surface area contributed by atoms with Crippen LogP contribution in [0.25, 0.3) is 0 Å². The summed E-state index contributed by atoms with van der Waals surface area (Å²) in [6, 6.07) is 8.83. The lowest BCUT2D eigenvalue weighted by Crippen LogP contribution is -2.31. The van der Waals surface area contributed by atoms with E-state index in [4.69, 9.17) is 4.74 Å². The molecular formula is C17H25N3O. The minimum atomic E-state index is 0.487. The van der Waals surface area contributed by atoms with Crippen LogP contribution >= 0.6 is 0 Å². The van der Waals surface area contributed by atoms with Crippen LogP contribution in [0.15, 0.2) is 36.7 Å². The van der Waals surface area contributed by atoms with Crippen molar-refractivity contribution < 1.29 is 4.74 Å². The predicted octanol–water partition coefficient (Wildman–Crippen LogP) is 2.58. The summed E-state index contributed by atoms with van der Waals surface area (Å²) in [5.74, 6) is 0.914. The fourth-order valence-electron chi connectivity index (χ4n) is 2.56. The van der Waals surface area contributed by atoms with Crippen molar-refractivity contribution in [2.75, 3.05) is 13.7 Å². The van der Waals surface area contributed by atoms with Gasteiger partial charge in [0.2, 0.25) is 0 Å². The molecule has 1 heterocycles. The molecule has 0 fully saturated rings. The Hall–Kier alpha value is -1.81. The highest BCUT2D eigenvalue weighted by Gasteiger charge is 2.10. The first-order valence-electron chi connectivity index (χ1n) is 7.55. The quantitative estimate of drug-likeness (QED) is 0.811. The number of ether oxygens (including phenoxy) is 1. The van der Waals surface area contributed by atoms with Gasteiger partial charge in [0, 0.05) is 19.3 Å². The van der Waals surface area contributed by atoms with Crippen LogP contribution in [0.4, 0.5) is 0 Å². The molecule has 0 saturated carbocycles. The zero-order valence-electron chi connectivity index (χ0n) is 13.2. The predicted molar refractivity (Wildman–Crippen MR) is 85.7 cm³/mol. The van der Waals surface area contributed by atoms with Gasteiger partial charge in [0.05, 0.1) is 13.3 Å². The van der Waals surface area contributed by atoms with Crippen LogP contribution in [0, 0.1) is 0 Å². The summed E-state index contributed by atoms with van der Waals surface area (Å²) in [4.78, 5) is 0. The summed E-state index contributed by atoms with van der Waals surface area (Å²) in [6.07, 6.45) is 7.27. The van der Waals surface area contributed by atoms with Crippen molar-refractivity contribution in [1.29, 1.82) is 0 Å². The molecule has 21 heavy (non-hydrogen) atoms. The Kier molecular flexibility index (Phi) is 5.81. The molecule has 1 aromatic carbocycles. The molecule has 1 unspecified atom stereocenters. The number of hydrogen-bond acceptors (Lipinski definition) is 3. The van der Waals surface area contributed by atoms with Crippen molar-refractivity contribution >= 4 is 0 Å². The Morgan fingerprint density at radius 2 is 2.00 bits per heavy atom. The molecule has 2 aromatic rings. The van der Waals surface area contributed by atoms with Gasteiger partial charge in [-0.2, -0.15) is 5.10 Å². The number of benzene rings is 1. The number of aromatic nitrogens is 2. The van der Waals surface area contributed by atoms with Crippen molar-refractivity contribution in [3.8, 4) is 5.75 Å². The van der Waals surface area contributed by atoms with Crippen LogP contribution in [0.5, 0.6) is 5.75 Å². The van der Waals surface area contributed by atoms with Gasteiger partial charge in [0.25, 0.3) is 0 Å². The molecule has 114 valence electrons. The van der Waals surface area contributed by atoms with E-state index in [2.05, 4.69) is 35.7 Å². The molecule has 0 aliphatic rings. The number of nitrogens with zero attached hydrogens (tertiary/aromatic N) is 2. The van der Waals surface area contributed by atoms with Gasteiger partial charge < -0.3 is 10.1 Å². The molecule has 0 aliphatic carbocycles. The van der Waals surface area contributed by atoms with Crippen LogP contribution in [0.3, 0.4) is 0 Å². The van der Waals surface area contributed by atoms with E-state index in [0.29, 0.717) is 6.04 Å². The van der Waals surface area contributed by atoms with E-state index in [1.165, 1.54) is 11.1 Å². The maximum Gasteiger partial charge on any atom is 0.118 e. The summed E-state index contributed by atoms with van der Waals surface area (Å²) >= 11 is 0. The minimum Gasteiger partial charge on any atom is -0.497 e. The third kappa shape index (κ3) is 4.90. The van der Waals surface area contributed by atoms with Gasteiger partial charge in [-0.15, -0.1) is 0 Å². The lowest BCUT2D eigenvalue weighted by molar-refractivity contribution is 0.414. The van der Waals surface area contributed by atoms with Gasteiger partial charge in [-0.05, 0) is 49.1 Å². The van der Waals surface area contributed by atoms with E-state index in [9.17, 15) is 0 Å². The van der Waals surface area contributed by atoms with Gasteiger partial charge in [-0.1, -0.05) is 19.1 Å². The second-order valence-electron chi connectivity index (χ2n) is 5.37. The van der Waals surface area contributed by atoms with E-state index in [0.717, 1.165) is 31.6 Å². The molecule has 0 spiro atoms. The molecule has 1 N–H and O–H groups in total. The van der Waals surface area contributed by atoms with Crippen molar-refractivity contribution in [2.45, 2.75) is 32.2 Å². The first-order chi connectivity index (χ1) is 10.2. The van der Waals surface area contributed by atoms with Gasteiger partial charge in [0.1, 0.15) is 5.75 Å². The number of nitrogens with one attached hydrogen (secondary N) is 1. The Morgan fingerprint density at radius 1 is 1.24 bits per heavy atom. The minimum absolute atomic E-state index is 0.487. The molecule has 1 atom stereocenters. The average molecular weight is 287 g/mol. The molecule has 0 bridgehead atoms. The van der Waals surface area contributed by atoms with Gasteiger partial charge >= 0.3 is 0 Å². The standard InChI is InChI=1S/C17H25N3O/c1-4-18-16(11-15-12-19-20(2)13-15)8-5-14-6-9-17(21-3)10-7-14/h6-7,9-10,12-13,16,18H,4-5,8,11H2,1-3H3. The summed E-state index contributed by atoms with van der Waals surface area (Å²) < 4.78 is 7.06. The topological polar surface area (TPSA) is 39.1 Å². The van der Waals surface area contributed by atoms with Gasteiger partial charge in [-0.25, -0.2) is 0 Å². The first-order valence-corrected chi connectivity index (χ1v) is 7.55. The zero-order valence-corrected chi connectivity index (χ0v) is 13.2. The third-order valence-electron chi connectivity index (χ3n) is 3.67. The van der Waals surface area contributed by atoms with Crippen molar-refractivity contribution in [1.82, 2.24) is 15.1 Å². The molecule has 4 nitrogen and oxygen atoms in total. The monoisotopic (exact) mass is 287 g/mol. The van der Waals surface area contributed by atoms with Crippen LogP contribution < -0.4 is 10.1 Å². The number of aryl methyl sites for hydroxylation is 2. The van der Waals surface area contributed by atoms with E-state index in [1.807, 2.05) is 30.1 Å². The van der Waals surface area contributed by atoms with Crippen LogP contribution in [0.2, 0.25) is 0 Å². The van der Waals surface area contributed by atoms with Crippen LogP contribution in [-0.2, 0) is 19.9 Å². The van der Waals surface area contributed by atoms with Gasteiger partial charge in [0.15, 0.2) is 0 Å². The van der Waals surface area contributed by atoms with E-state index >= 15 is 0 Å². The first kappa shape index (κ1) is 15.6. The summed E-state index contributed by atoms with van der Waals surface area (Å²) in [7, 11) is 3.66. The second-order valence-corrected chi connectivity index (χ2v) is 5.37. The maximum atomic E-state index is 5.19. The summed E-state index contributed by atoms with van der Waals surface area (Å²) in [5, 5.41) is 7.81. The third-order valence-corrected chi connectivity index (χ3v) is 3.67. The Labute approximate surface area is 127 Å². The normalized spacial score (nSPS) is 12.3. The van der Waals surface area contributed by atoms with E-state index < -0.39 is 0 Å². The zero-order chi connectivity index (χ0) is 15.1. The molecule has 0 amide bonds. The highest BCUT2D eigenvalue weighted by Crippen LogP contribution is 2.14. The molecular weight excluding hydrogens is 262 g/mol. The fourth-order valence-corrected chi connectivity index (χ4v) is 2.56.